The largest absolute Gasteiger partial charge is 0.358 e. The van der Waals surface area contributed by atoms with Gasteiger partial charge in [0.1, 0.15) is 11.0 Å². The third kappa shape index (κ3) is 3.96. The van der Waals surface area contributed by atoms with E-state index in [0.717, 1.165) is 5.56 Å². The normalized spacial score (nSPS) is 11.8. The minimum atomic E-state index is -4.00. The van der Waals surface area contributed by atoms with E-state index in [4.69, 9.17) is 5.26 Å². The van der Waals surface area contributed by atoms with Crippen LogP contribution in [0, 0.1) is 18.3 Å². The molecule has 108 valence electrons. The van der Waals surface area contributed by atoms with E-state index in [1.165, 1.54) is 12.1 Å². The van der Waals surface area contributed by atoms with Crippen LogP contribution in [0.4, 0.5) is 0 Å². The van der Waals surface area contributed by atoms with Crippen LogP contribution in [-0.4, -0.2) is 32.2 Å². The van der Waals surface area contributed by atoms with Crippen molar-refractivity contribution in [2.45, 2.75) is 25.7 Å². The van der Waals surface area contributed by atoms with Crippen LogP contribution in [0.3, 0.4) is 0 Å². The van der Waals surface area contributed by atoms with Crippen LogP contribution >= 0.6 is 0 Å². The predicted octanol–water partition coefficient (Wildman–Crippen LogP) is 1.88. The Balaban J connectivity index is 2.96. The molecule has 1 rings (SSSR count). The summed E-state index contributed by atoms with van der Waals surface area (Å²) in [5, 5.41) is 12.4. The fourth-order valence-electron chi connectivity index (χ4n) is 1.50. The number of rotatable bonds is 5. The first kappa shape index (κ1) is 16.0. The van der Waals surface area contributed by atoms with Gasteiger partial charge in [0.15, 0.2) is 0 Å². The maximum absolute atomic E-state index is 11.9. The number of nitriles is 1. The maximum atomic E-state index is 11.9. The van der Waals surface area contributed by atoms with Crippen LogP contribution in [0.2, 0.25) is 0 Å². The van der Waals surface area contributed by atoms with Gasteiger partial charge in [-0.15, -0.1) is 0 Å². The molecule has 0 aromatic heterocycles. The Labute approximate surface area is 119 Å². The lowest BCUT2D eigenvalue weighted by Gasteiger charge is -2.16. The minimum Gasteiger partial charge on any atom is -0.346 e. The smallest absolute Gasteiger partial charge is 0.346 e. The van der Waals surface area contributed by atoms with Gasteiger partial charge in [0.05, 0.1) is 0 Å². The Bertz CT molecular complexity index is 611. The van der Waals surface area contributed by atoms with Crippen molar-refractivity contribution < 1.29 is 12.7 Å². The lowest BCUT2D eigenvalue weighted by Crippen LogP contribution is -2.29. The Morgan fingerprint density at radius 3 is 2.30 bits per heavy atom. The predicted molar refractivity (Wildman–Crippen MR) is 75.4 cm³/mol. The minimum absolute atomic E-state index is 0.00341. The summed E-state index contributed by atoms with van der Waals surface area (Å²) in [6.07, 6.45) is 0. The standard InChI is InChI=1S/C13H17N3O3S/c1-4-16(5-2)13(10-14)15-19-20(17,18)12-8-6-11(3)7-9-12/h6-9H,4-5H2,1-3H3/b15-13+. The molecular formula is C13H17N3O3S. The van der Waals surface area contributed by atoms with Crippen molar-refractivity contribution in [2.24, 2.45) is 5.16 Å². The average molecular weight is 295 g/mol. The van der Waals surface area contributed by atoms with Crippen molar-refractivity contribution in [3.8, 4) is 6.07 Å². The molecule has 0 amide bonds. The van der Waals surface area contributed by atoms with E-state index in [1.54, 1.807) is 17.0 Å². The molecule has 0 aliphatic rings. The Morgan fingerprint density at radius 2 is 1.85 bits per heavy atom. The molecule has 0 heterocycles. The van der Waals surface area contributed by atoms with E-state index in [0.29, 0.717) is 13.1 Å². The monoisotopic (exact) mass is 295 g/mol. The molecule has 6 nitrogen and oxygen atoms in total. The Hall–Kier alpha value is -2.07. The summed E-state index contributed by atoms with van der Waals surface area (Å²) in [6, 6.07) is 8.02. The average Bonchev–Trinajstić information content (AvgIpc) is 2.44. The zero-order valence-electron chi connectivity index (χ0n) is 11.7. The van der Waals surface area contributed by atoms with Gasteiger partial charge in [-0.25, -0.2) is 0 Å². The highest BCUT2D eigenvalue weighted by Gasteiger charge is 2.17. The van der Waals surface area contributed by atoms with Crippen molar-refractivity contribution in [1.29, 1.82) is 5.26 Å². The van der Waals surface area contributed by atoms with Crippen molar-refractivity contribution in [3.63, 3.8) is 0 Å². The molecule has 20 heavy (non-hydrogen) atoms. The molecule has 0 aliphatic heterocycles. The van der Waals surface area contributed by atoms with Crippen molar-refractivity contribution in [2.75, 3.05) is 13.1 Å². The fraction of sp³-hybridized carbons (Fsp3) is 0.385. The van der Waals surface area contributed by atoms with Gasteiger partial charge in [-0.1, -0.05) is 17.7 Å². The zero-order valence-corrected chi connectivity index (χ0v) is 12.5. The Morgan fingerprint density at radius 1 is 1.30 bits per heavy atom. The van der Waals surface area contributed by atoms with Gasteiger partial charge in [-0.3, -0.25) is 4.28 Å². The van der Waals surface area contributed by atoms with E-state index in [1.807, 2.05) is 26.8 Å². The van der Waals surface area contributed by atoms with Crippen molar-refractivity contribution in [3.05, 3.63) is 29.8 Å². The van der Waals surface area contributed by atoms with Crippen molar-refractivity contribution in [1.82, 2.24) is 4.90 Å². The lowest BCUT2D eigenvalue weighted by molar-refractivity contribution is 0.325. The second kappa shape index (κ2) is 6.91. The van der Waals surface area contributed by atoms with E-state index >= 15 is 0 Å². The first-order chi connectivity index (χ1) is 9.44. The SMILES string of the molecule is CCN(CC)/C(C#N)=N/OS(=O)(=O)c1ccc(C)cc1. The van der Waals surface area contributed by atoms with Gasteiger partial charge in [0.25, 0.3) is 0 Å². The van der Waals surface area contributed by atoms with Gasteiger partial charge in [0.2, 0.25) is 5.84 Å². The third-order valence-corrected chi connectivity index (χ3v) is 3.81. The second-order valence-electron chi connectivity index (χ2n) is 4.04. The molecule has 0 spiro atoms. The molecular weight excluding hydrogens is 278 g/mol. The van der Waals surface area contributed by atoms with Gasteiger partial charge in [-0.05, 0) is 38.1 Å². The van der Waals surface area contributed by atoms with Crippen LogP contribution in [0.1, 0.15) is 19.4 Å². The number of aryl methyl sites for hydroxylation is 1. The van der Waals surface area contributed by atoms with E-state index in [9.17, 15) is 8.42 Å². The highest BCUT2D eigenvalue weighted by Crippen LogP contribution is 2.13. The molecule has 7 heteroatoms. The number of oxime groups is 1. The number of amidine groups is 1. The molecule has 0 fully saturated rings. The van der Waals surface area contributed by atoms with E-state index in [-0.39, 0.29) is 10.7 Å². The van der Waals surface area contributed by atoms with Crippen LogP contribution in [0.5, 0.6) is 0 Å². The molecule has 0 unspecified atom stereocenters. The van der Waals surface area contributed by atoms with Crippen LogP contribution < -0.4 is 0 Å². The van der Waals surface area contributed by atoms with E-state index < -0.39 is 10.1 Å². The molecule has 0 atom stereocenters. The first-order valence-electron chi connectivity index (χ1n) is 6.18. The number of benzene rings is 1. The second-order valence-corrected chi connectivity index (χ2v) is 5.57. The zero-order chi connectivity index (χ0) is 15.2. The molecule has 0 N–H and O–H groups in total. The quantitative estimate of drug-likeness (QED) is 0.470. The molecule has 1 aromatic rings. The summed E-state index contributed by atoms with van der Waals surface area (Å²) < 4.78 is 28.4. The highest BCUT2D eigenvalue weighted by atomic mass is 32.2. The summed E-state index contributed by atoms with van der Waals surface area (Å²) in [5.74, 6) is -0.0642. The summed E-state index contributed by atoms with van der Waals surface area (Å²) in [4.78, 5) is 1.61. The number of nitrogens with zero attached hydrogens (tertiary/aromatic N) is 3. The fourth-order valence-corrected chi connectivity index (χ4v) is 2.23. The van der Waals surface area contributed by atoms with E-state index in [2.05, 4.69) is 9.44 Å². The van der Waals surface area contributed by atoms with Crippen molar-refractivity contribution >= 4 is 16.0 Å². The summed E-state index contributed by atoms with van der Waals surface area (Å²) in [6.45, 7) is 6.60. The number of hydrogen-bond donors (Lipinski definition) is 0. The molecule has 0 aliphatic carbocycles. The molecule has 0 radical (unpaired) electrons. The summed E-state index contributed by atoms with van der Waals surface area (Å²) in [5.41, 5.74) is 0.938. The van der Waals surface area contributed by atoms with Crippen LogP contribution in [-0.2, 0) is 14.4 Å². The highest BCUT2D eigenvalue weighted by molar-refractivity contribution is 7.86. The van der Waals surface area contributed by atoms with Gasteiger partial charge >= 0.3 is 10.1 Å². The third-order valence-electron chi connectivity index (χ3n) is 2.69. The molecule has 0 saturated carbocycles. The van der Waals surface area contributed by atoms with Gasteiger partial charge in [-0.2, -0.15) is 13.7 Å². The Kier molecular flexibility index (Phi) is 5.53. The molecule has 0 saturated heterocycles. The summed E-state index contributed by atoms with van der Waals surface area (Å²) >= 11 is 0. The van der Waals surface area contributed by atoms with Gasteiger partial charge < -0.3 is 4.90 Å². The lowest BCUT2D eigenvalue weighted by atomic mass is 10.2. The van der Waals surface area contributed by atoms with Gasteiger partial charge in [0, 0.05) is 13.1 Å². The topological polar surface area (TPSA) is 82.8 Å². The molecule has 1 aromatic carbocycles. The van der Waals surface area contributed by atoms with Crippen LogP contribution in [0.15, 0.2) is 34.3 Å². The first-order valence-corrected chi connectivity index (χ1v) is 7.58. The summed E-state index contributed by atoms with van der Waals surface area (Å²) in [7, 11) is -4.00. The maximum Gasteiger partial charge on any atom is 0.358 e. The number of hydrogen-bond acceptors (Lipinski definition) is 5. The van der Waals surface area contributed by atoms with Crippen LogP contribution in [0.25, 0.3) is 0 Å². The molecule has 0 bridgehead atoms.